The van der Waals surface area contributed by atoms with Gasteiger partial charge < -0.3 is 11.1 Å². The number of hydrogen-bond donors (Lipinski definition) is 2. The van der Waals surface area contributed by atoms with Crippen molar-refractivity contribution < 1.29 is 0 Å². The average molecular weight is 229 g/mol. The van der Waals surface area contributed by atoms with Gasteiger partial charge in [-0.25, -0.2) is 0 Å². The van der Waals surface area contributed by atoms with Gasteiger partial charge >= 0.3 is 0 Å². The molecule has 0 saturated heterocycles. The van der Waals surface area contributed by atoms with Crippen LogP contribution < -0.4 is 11.1 Å². The zero-order valence-electron chi connectivity index (χ0n) is 10.3. The second-order valence-electron chi connectivity index (χ2n) is 5.14. The molecule has 1 aliphatic carbocycles. The van der Waals surface area contributed by atoms with E-state index in [1.165, 1.54) is 25.7 Å². The maximum absolute atomic E-state index is 8.74. The Morgan fingerprint density at radius 1 is 1.41 bits per heavy atom. The van der Waals surface area contributed by atoms with Crippen LogP contribution in [0.15, 0.2) is 18.2 Å². The number of benzene rings is 1. The van der Waals surface area contributed by atoms with Gasteiger partial charge in [-0.1, -0.05) is 12.8 Å². The predicted octanol–water partition coefficient (Wildman–Crippen LogP) is 3.08. The second kappa shape index (κ2) is 4.67. The Balaban J connectivity index is 2.16. The zero-order valence-corrected chi connectivity index (χ0v) is 10.3. The van der Waals surface area contributed by atoms with Crippen LogP contribution in [0.3, 0.4) is 0 Å². The number of nitrogens with one attached hydrogen (secondary N) is 1. The summed E-state index contributed by atoms with van der Waals surface area (Å²) in [4.78, 5) is 0. The summed E-state index contributed by atoms with van der Waals surface area (Å²) >= 11 is 0. The van der Waals surface area contributed by atoms with Crippen LogP contribution in [0, 0.1) is 11.3 Å². The molecule has 0 aliphatic heterocycles. The van der Waals surface area contributed by atoms with Crippen LogP contribution in [0.2, 0.25) is 0 Å². The largest absolute Gasteiger partial charge is 0.398 e. The Morgan fingerprint density at radius 2 is 2.12 bits per heavy atom. The lowest BCUT2D eigenvalue weighted by atomic mass is 9.99. The van der Waals surface area contributed by atoms with Gasteiger partial charge in [0.15, 0.2) is 0 Å². The van der Waals surface area contributed by atoms with Crippen LogP contribution in [0.25, 0.3) is 0 Å². The second-order valence-corrected chi connectivity index (χ2v) is 5.14. The third kappa shape index (κ3) is 2.71. The SMILES string of the molecule is CC1(Nc2ccc(N)c(CC#N)c2)CCCC1. The van der Waals surface area contributed by atoms with E-state index in [0.29, 0.717) is 12.1 Å². The Kier molecular flexibility index (Phi) is 3.23. The highest BCUT2D eigenvalue weighted by Gasteiger charge is 2.28. The molecule has 3 heteroatoms. The number of nitrogens with zero attached hydrogens (tertiary/aromatic N) is 1. The molecule has 1 aromatic rings. The molecule has 0 unspecified atom stereocenters. The first-order valence-electron chi connectivity index (χ1n) is 6.16. The summed E-state index contributed by atoms with van der Waals surface area (Å²) in [6.07, 6.45) is 5.39. The molecule has 3 N–H and O–H groups in total. The van der Waals surface area contributed by atoms with E-state index in [4.69, 9.17) is 11.0 Å². The molecule has 1 aliphatic rings. The van der Waals surface area contributed by atoms with Crippen molar-refractivity contribution in [1.29, 1.82) is 5.26 Å². The molecule has 0 spiro atoms. The van der Waals surface area contributed by atoms with Gasteiger partial charge in [0.25, 0.3) is 0 Å². The van der Waals surface area contributed by atoms with Gasteiger partial charge in [-0.2, -0.15) is 5.26 Å². The summed E-state index contributed by atoms with van der Waals surface area (Å²) in [6, 6.07) is 8.03. The molecule has 2 rings (SSSR count). The van der Waals surface area contributed by atoms with E-state index in [2.05, 4.69) is 18.3 Å². The van der Waals surface area contributed by atoms with Gasteiger partial charge in [-0.05, 0) is 43.5 Å². The fraction of sp³-hybridized carbons (Fsp3) is 0.500. The summed E-state index contributed by atoms with van der Waals surface area (Å²) in [6.45, 7) is 2.26. The maximum Gasteiger partial charge on any atom is 0.0670 e. The van der Waals surface area contributed by atoms with Crippen molar-refractivity contribution >= 4 is 11.4 Å². The summed E-state index contributed by atoms with van der Waals surface area (Å²) in [5, 5.41) is 12.3. The molecule has 17 heavy (non-hydrogen) atoms. The molecule has 0 atom stereocenters. The van der Waals surface area contributed by atoms with E-state index in [1.54, 1.807) is 0 Å². The molecular weight excluding hydrogens is 210 g/mol. The fourth-order valence-corrected chi connectivity index (χ4v) is 2.55. The summed E-state index contributed by atoms with van der Waals surface area (Å²) < 4.78 is 0. The minimum absolute atomic E-state index is 0.208. The van der Waals surface area contributed by atoms with E-state index < -0.39 is 0 Å². The first-order chi connectivity index (χ1) is 8.13. The van der Waals surface area contributed by atoms with E-state index in [0.717, 1.165) is 11.3 Å². The summed E-state index contributed by atoms with van der Waals surface area (Å²) in [5.74, 6) is 0. The van der Waals surface area contributed by atoms with E-state index in [9.17, 15) is 0 Å². The molecule has 0 radical (unpaired) electrons. The van der Waals surface area contributed by atoms with Crippen molar-refractivity contribution in [3.8, 4) is 6.07 Å². The van der Waals surface area contributed by atoms with Crippen LogP contribution in [0.5, 0.6) is 0 Å². The Hall–Kier alpha value is -1.69. The van der Waals surface area contributed by atoms with Crippen LogP contribution in [-0.2, 0) is 6.42 Å². The van der Waals surface area contributed by atoms with Crippen LogP contribution in [0.1, 0.15) is 38.2 Å². The fourth-order valence-electron chi connectivity index (χ4n) is 2.55. The molecule has 90 valence electrons. The molecular formula is C14H19N3. The lowest BCUT2D eigenvalue weighted by Gasteiger charge is -2.27. The molecule has 0 heterocycles. The normalized spacial score (nSPS) is 17.6. The minimum Gasteiger partial charge on any atom is -0.398 e. The van der Waals surface area contributed by atoms with Crippen molar-refractivity contribution in [2.45, 2.75) is 44.6 Å². The van der Waals surface area contributed by atoms with Crippen LogP contribution in [-0.4, -0.2) is 5.54 Å². The quantitative estimate of drug-likeness (QED) is 0.783. The third-order valence-corrected chi connectivity index (χ3v) is 3.57. The van der Waals surface area contributed by atoms with Crippen molar-refractivity contribution in [2.24, 2.45) is 0 Å². The van der Waals surface area contributed by atoms with Crippen LogP contribution in [0.4, 0.5) is 11.4 Å². The topological polar surface area (TPSA) is 61.8 Å². The number of rotatable bonds is 3. The van der Waals surface area contributed by atoms with Crippen molar-refractivity contribution in [3.63, 3.8) is 0 Å². The lowest BCUT2D eigenvalue weighted by molar-refractivity contribution is 0.533. The summed E-state index contributed by atoms with van der Waals surface area (Å²) in [7, 11) is 0. The van der Waals surface area contributed by atoms with Gasteiger partial charge in [0, 0.05) is 16.9 Å². The monoisotopic (exact) mass is 229 g/mol. The minimum atomic E-state index is 0.208. The van der Waals surface area contributed by atoms with Gasteiger partial charge in [-0.3, -0.25) is 0 Å². The van der Waals surface area contributed by atoms with Crippen molar-refractivity contribution in [3.05, 3.63) is 23.8 Å². The van der Waals surface area contributed by atoms with E-state index >= 15 is 0 Å². The number of nitrogens with two attached hydrogens (primary N) is 1. The highest BCUT2D eigenvalue weighted by atomic mass is 15.0. The van der Waals surface area contributed by atoms with Crippen molar-refractivity contribution in [1.82, 2.24) is 0 Å². The number of nitriles is 1. The van der Waals surface area contributed by atoms with Crippen molar-refractivity contribution in [2.75, 3.05) is 11.1 Å². The number of hydrogen-bond acceptors (Lipinski definition) is 3. The van der Waals surface area contributed by atoms with E-state index in [1.807, 2.05) is 18.2 Å². The smallest absolute Gasteiger partial charge is 0.0670 e. The highest BCUT2D eigenvalue weighted by Crippen LogP contribution is 2.33. The zero-order chi connectivity index (χ0) is 12.3. The first kappa shape index (κ1) is 11.8. The molecule has 0 bridgehead atoms. The van der Waals surface area contributed by atoms with Crippen LogP contribution >= 0.6 is 0 Å². The standard InChI is InChI=1S/C14H19N3/c1-14(7-2-3-8-14)17-12-4-5-13(16)11(10-12)6-9-15/h4-5,10,17H,2-3,6-8,16H2,1H3. The lowest BCUT2D eigenvalue weighted by Crippen LogP contribution is -2.30. The molecule has 0 aromatic heterocycles. The summed E-state index contributed by atoms with van der Waals surface area (Å²) in [5.41, 5.74) is 8.74. The van der Waals surface area contributed by atoms with Gasteiger partial charge in [0.05, 0.1) is 12.5 Å². The Labute approximate surface area is 103 Å². The number of anilines is 2. The molecule has 0 amide bonds. The molecule has 3 nitrogen and oxygen atoms in total. The first-order valence-corrected chi connectivity index (χ1v) is 6.16. The van der Waals surface area contributed by atoms with Gasteiger partial charge in [0.2, 0.25) is 0 Å². The Morgan fingerprint density at radius 3 is 2.76 bits per heavy atom. The third-order valence-electron chi connectivity index (χ3n) is 3.57. The molecule has 1 fully saturated rings. The van der Waals surface area contributed by atoms with Gasteiger partial charge in [0.1, 0.15) is 0 Å². The van der Waals surface area contributed by atoms with Gasteiger partial charge in [-0.15, -0.1) is 0 Å². The highest BCUT2D eigenvalue weighted by molar-refractivity contribution is 5.58. The maximum atomic E-state index is 8.74. The predicted molar refractivity (Wildman–Crippen MR) is 70.7 cm³/mol. The molecule has 1 aromatic carbocycles. The average Bonchev–Trinajstić information content (AvgIpc) is 2.70. The van der Waals surface area contributed by atoms with E-state index in [-0.39, 0.29) is 5.54 Å². The number of nitrogen functional groups attached to an aromatic ring is 1. The Bertz CT molecular complexity index is 439. The molecule has 1 saturated carbocycles.